The average molecular weight is 550 g/mol. The number of amides is 2. The second-order valence-corrected chi connectivity index (χ2v) is 13.4. The summed E-state index contributed by atoms with van der Waals surface area (Å²) < 4.78 is 19.1. The fraction of sp³-hybridized carbons (Fsp3) is 0.576. The van der Waals surface area contributed by atoms with Gasteiger partial charge in [-0.05, 0) is 86.6 Å². The molecular formula is C33H44FN3O3. The number of piperidine rings is 1. The van der Waals surface area contributed by atoms with Crippen molar-refractivity contribution in [2.24, 2.45) is 5.41 Å². The first-order valence-corrected chi connectivity index (χ1v) is 14.8. The normalized spacial score (nSPS) is 22.1. The van der Waals surface area contributed by atoms with Crippen LogP contribution in [0.15, 0.2) is 48.5 Å². The molecule has 6 nitrogen and oxygen atoms in total. The van der Waals surface area contributed by atoms with E-state index in [-0.39, 0.29) is 35.3 Å². The topological polar surface area (TPSA) is 53.1 Å². The minimum absolute atomic E-state index is 0.0236. The first-order valence-electron chi connectivity index (χ1n) is 14.8. The van der Waals surface area contributed by atoms with Crippen molar-refractivity contribution in [3.05, 3.63) is 71.0 Å². The summed E-state index contributed by atoms with van der Waals surface area (Å²) in [5, 5.41) is 0. The minimum Gasteiger partial charge on any atom is -0.444 e. The highest BCUT2D eigenvalue weighted by Gasteiger charge is 2.52. The predicted octanol–water partition coefficient (Wildman–Crippen LogP) is 6.51. The molecule has 0 aromatic heterocycles. The number of nitrogens with zero attached hydrogens (tertiary/aromatic N) is 3. The fourth-order valence-corrected chi connectivity index (χ4v) is 6.89. The molecule has 2 aliphatic heterocycles. The van der Waals surface area contributed by atoms with E-state index in [4.69, 9.17) is 4.74 Å². The molecule has 2 saturated heterocycles. The maximum Gasteiger partial charge on any atom is 0.410 e. The molecule has 5 rings (SSSR count). The number of carbonyl (C=O) groups excluding carboxylic acids is 2. The molecule has 2 aromatic carbocycles. The number of piperazine rings is 1. The van der Waals surface area contributed by atoms with Gasteiger partial charge >= 0.3 is 6.09 Å². The summed E-state index contributed by atoms with van der Waals surface area (Å²) in [6.45, 7) is 13.3. The van der Waals surface area contributed by atoms with Crippen LogP contribution in [-0.2, 0) is 16.1 Å². The van der Waals surface area contributed by atoms with Crippen LogP contribution in [-0.4, -0.2) is 64.5 Å². The molecule has 0 bridgehead atoms. The summed E-state index contributed by atoms with van der Waals surface area (Å²) in [5.74, 6) is 0.276. The zero-order valence-corrected chi connectivity index (χ0v) is 24.7. The van der Waals surface area contributed by atoms with Crippen molar-refractivity contribution < 1.29 is 18.7 Å². The van der Waals surface area contributed by atoms with Crippen molar-refractivity contribution in [3.8, 4) is 0 Å². The van der Waals surface area contributed by atoms with Gasteiger partial charge in [-0.15, -0.1) is 0 Å². The summed E-state index contributed by atoms with van der Waals surface area (Å²) in [5.41, 5.74) is 3.23. The van der Waals surface area contributed by atoms with Gasteiger partial charge in [0, 0.05) is 32.2 Å². The van der Waals surface area contributed by atoms with Gasteiger partial charge in [-0.25, -0.2) is 9.18 Å². The first kappa shape index (κ1) is 28.6. The van der Waals surface area contributed by atoms with Gasteiger partial charge in [0.25, 0.3) is 0 Å². The van der Waals surface area contributed by atoms with E-state index in [2.05, 4.69) is 47.9 Å². The van der Waals surface area contributed by atoms with E-state index in [1.807, 2.05) is 37.8 Å². The summed E-state index contributed by atoms with van der Waals surface area (Å²) in [7, 11) is 0. The number of rotatable bonds is 5. The van der Waals surface area contributed by atoms with Gasteiger partial charge in [0.05, 0.1) is 12.6 Å². The first-order chi connectivity index (χ1) is 18.9. The van der Waals surface area contributed by atoms with Crippen LogP contribution < -0.4 is 0 Å². The number of hydrogen-bond donors (Lipinski definition) is 0. The Morgan fingerprint density at radius 3 is 2.33 bits per heavy atom. The number of hydrogen-bond acceptors (Lipinski definition) is 4. The smallest absolute Gasteiger partial charge is 0.410 e. The number of ether oxygens (including phenoxy) is 1. The number of likely N-dealkylation sites (tertiary alicyclic amines) is 1. The summed E-state index contributed by atoms with van der Waals surface area (Å²) in [4.78, 5) is 32.7. The summed E-state index contributed by atoms with van der Waals surface area (Å²) in [6.07, 6.45) is 3.65. The van der Waals surface area contributed by atoms with Gasteiger partial charge < -0.3 is 14.5 Å². The molecule has 1 aliphatic carbocycles. The van der Waals surface area contributed by atoms with E-state index in [9.17, 15) is 14.0 Å². The standard InChI is InChI=1S/C33H44FN3O3/c1-23(2)27-8-6-7-9-28(27)29-21-35(20-24-10-12-25(34)13-11-24)22-30(38)37(29)26-18-33(19-26)14-16-36(17-15-33)31(39)40-32(3,4)5/h6-13,23,26,29H,14-22H2,1-5H3. The maximum absolute atomic E-state index is 13.8. The highest BCUT2D eigenvalue weighted by atomic mass is 19.1. The average Bonchev–Trinajstić information content (AvgIpc) is 2.87. The molecular weight excluding hydrogens is 505 g/mol. The van der Waals surface area contributed by atoms with Gasteiger partial charge in [-0.1, -0.05) is 50.2 Å². The highest BCUT2D eigenvalue weighted by molar-refractivity contribution is 5.80. The lowest BCUT2D eigenvalue weighted by Crippen LogP contribution is -2.62. The molecule has 7 heteroatoms. The molecule has 3 aliphatic rings. The van der Waals surface area contributed by atoms with Crippen molar-refractivity contribution in [1.82, 2.24) is 14.7 Å². The van der Waals surface area contributed by atoms with Crippen LogP contribution in [0.25, 0.3) is 0 Å². The highest BCUT2D eigenvalue weighted by Crippen LogP contribution is 2.53. The van der Waals surface area contributed by atoms with Crippen LogP contribution in [0.1, 0.15) is 89.0 Å². The van der Waals surface area contributed by atoms with Crippen LogP contribution in [0.4, 0.5) is 9.18 Å². The Hall–Kier alpha value is -2.93. The number of carbonyl (C=O) groups is 2. The van der Waals surface area contributed by atoms with Crippen molar-refractivity contribution in [2.45, 2.75) is 90.4 Å². The third-order valence-corrected chi connectivity index (χ3v) is 8.92. The molecule has 0 radical (unpaired) electrons. The second kappa shape index (κ2) is 11.2. The second-order valence-electron chi connectivity index (χ2n) is 13.4. The van der Waals surface area contributed by atoms with Crippen LogP contribution >= 0.6 is 0 Å². The van der Waals surface area contributed by atoms with E-state index < -0.39 is 5.60 Å². The van der Waals surface area contributed by atoms with Crippen LogP contribution in [0.3, 0.4) is 0 Å². The molecule has 2 heterocycles. The largest absolute Gasteiger partial charge is 0.444 e. The number of benzene rings is 2. The lowest BCUT2D eigenvalue weighted by atomic mass is 9.59. The molecule has 1 spiro atoms. The van der Waals surface area contributed by atoms with E-state index in [0.717, 1.165) is 37.8 Å². The lowest BCUT2D eigenvalue weighted by molar-refractivity contribution is -0.153. The molecule has 216 valence electrons. The summed E-state index contributed by atoms with van der Waals surface area (Å²) in [6, 6.07) is 15.3. The van der Waals surface area contributed by atoms with Crippen molar-refractivity contribution >= 4 is 12.0 Å². The SMILES string of the molecule is CC(C)c1ccccc1C1CN(Cc2ccc(F)cc2)CC(=O)N1C1CC2(CCN(C(=O)OC(C)(C)C)CC2)C1. The molecule has 0 N–H and O–H groups in total. The third-order valence-electron chi connectivity index (χ3n) is 8.92. The summed E-state index contributed by atoms with van der Waals surface area (Å²) >= 11 is 0. The molecule has 3 fully saturated rings. The Morgan fingerprint density at radius 1 is 1.05 bits per heavy atom. The maximum atomic E-state index is 13.8. The number of halogens is 1. The Labute approximate surface area is 238 Å². The van der Waals surface area contributed by atoms with E-state index in [1.165, 1.54) is 23.3 Å². The van der Waals surface area contributed by atoms with Crippen molar-refractivity contribution in [2.75, 3.05) is 26.2 Å². The Balaban J connectivity index is 1.31. The van der Waals surface area contributed by atoms with E-state index >= 15 is 0 Å². The van der Waals surface area contributed by atoms with Gasteiger partial charge in [0.15, 0.2) is 0 Å². The van der Waals surface area contributed by atoms with Crippen LogP contribution in [0.2, 0.25) is 0 Å². The van der Waals surface area contributed by atoms with Crippen molar-refractivity contribution in [3.63, 3.8) is 0 Å². The minimum atomic E-state index is -0.492. The molecule has 40 heavy (non-hydrogen) atoms. The Kier molecular flexibility index (Phi) is 7.97. The van der Waals surface area contributed by atoms with Gasteiger partial charge in [0.2, 0.25) is 5.91 Å². The zero-order valence-electron chi connectivity index (χ0n) is 24.7. The molecule has 2 amide bonds. The fourth-order valence-electron chi connectivity index (χ4n) is 6.89. The molecule has 1 unspecified atom stereocenters. The molecule has 2 aromatic rings. The van der Waals surface area contributed by atoms with Crippen LogP contribution in [0, 0.1) is 11.2 Å². The predicted molar refractivity (Wildman–Crippen MR) is 154 cm³/mol. The molecule has 1 atom stereocenters. The third kappa shape index (κ3) is 6.19. The Bertz CT molecular complexity index is 1210. The van der Waals surface area contributed by atoms with Gasteiger partial charge in [-0.2, -0.15) is 0 Å². The zero-order chi connectivity index (χ0) is 28.7. The van der Waals surface area contributed by atoms with Gasteiger partial charge in [-0.3, -0.25) is 9.69 Å². The van der Waals surface area contributed by atoms with E-state index in [1.54, 1.807) is 0 Å². The quantitative estimate of drug-likeness (QED) is 0.426. The molecule has 1 saturated carbocycles. The van der Waals surface area contributed by atoms with E-state index in [0.29, 0.717) is 32.1 Å². The van der Waals surface area contributed by atoms with Crippen LogP contribution in [0.5, 0.6) is 0 Å². The monoisotopic (exact) mass is 549 g/mol. The Morgan fingerprint density at radius 2 is 1.70 bits per heavy atom. The van der Waals surface area contributed by atoms with Crippen molar-refractivity contribution in [1.29, 1.82) is 0 Å². The van der Waals surface area contributed by atoms with Gasteiger partial charge in [0.1, 0.15) is 11.4 Å². The lowest BCUT2D eigenvalue weighted by Gasteiger charge is -2.58.